The predicted molar refractivity (Wildman–Crippen MR) is 99.1 cm³/mol. The zero-order valence-electron chi connectivity index (χ0n) is 14.1. The van der Waals surface area contributed by atoms with Gasteiger partial charge in [0.05, 0.1) is 13.3 Å². The molecule has 1 fully saturated rings. The minimum absolute atomic E-state index is 0.0121. The molecule has 0 spiro atoms. The average Bonchev–Trinajstić information content (AvgIpc) is 2.86. The fraction of sp³-hybridized carbons (Fsp3) is 0.167. The lowest BCUT2D eigenvalue weighted by atomic mass is 9.92. The number of methoxy groups -OCH3 is 1. The number of nitrogens with zero attached hydrogens (tertiary/aromatic N) is 2. The van der Waals surface area contributed by atoms with E-state index in [-0.39, 0.29) is 5.75 Å². The topological polar surface area (TPSA) is 91.2 Å². The maximum atomic E-state index is 12.8. The molecule has 0 radical (unpaired) electrons. The van der Waals surface area contributed by atoms with Crippen molar-refractivity contribution in [3.63, 3.8) is 0 Å². The Morgan fingerprint density at radius 3 is 2.58 bits per heavy atom. The number of amides is 3. The number of halogens is 1. The van der Waals surface area contributed by atoms with Crippen LogP contribution in [0.5, 0.6) is 11.5 Å². The van der Waals surface area contributed by atoms with Gasteiger partial charge < -0.3 is 15.2 Å². The molecule has 1 aliphatic rings. The Balaban J connectivity index is 1.88. The first-order valence-corrected chi connectivity index (χ1v) is 8.48. The van der Waals surface area contributed by atoms with Crippen LogP contribution in [0, 0.1) is 0 Å². The number of hydrogen-bond acceptors (Lipinski definition) is 5. The van der Waals surface area contributed by atoms with Crippen molar-refractivity contribution in [3.8, 4) is 11.5 Å². The van der Waals surface area contributed by atoms with Gasteiger partial charge in [-0.1, -0.05) is 28.1 Å². The number of carbonyl (C=O) groups is 2. The maximum absolute atomic E-state index is 12.8. The highest BCUT2D eigenvalue weighted by Crippen LogP contribution is 2.30. The molecule has 0 saturated carbocycles. The Bertz CT molecular complexity index is 898. The Hall–Kier alpha value is -2.87. The van der Waals surface area contributed by atoms with Crippen molar-refractivity contribution in [1.82, 2.24) is 10.3 Å². The van der Waals surface area contributed by atoms with Crippen molar-refractivity contribution < 1.29 is 19.4 Å². The van der Waals surface area contributed by atoms with E-state index in [4.69, 9.17) is 4.74 Å². The molecule has 1 saturated heterocycles. The summed E-state index contributed by atoms with van der Waals surface area (Å²) in [5.41, 5.74) is -0.252. The summed E-state index contributed by atoms with van der Waals surface area (Å²) in [5, 5.41) is 17.2. The van der Waals surface area contributed by atoms with E-state index in [0.29, 0.717) is 16.9 Å². The van der Waals surface area contributed by atoms with Gasteiger partial charge >= 0.3 is 6.03 Å². The molecule has 1 unspecified atom stereocenters. The largest absolute Gasteiger partial charge is 0.507 e. The predicted octanol–water partition coefficient (Wildman–Crippen LogP) is 2.96. The smallest absolute Gasteiger partial charge is 0.346 e. The van der Waals surface area contributed by atoms with E-state index >= 15 is 0 Å². The number of phenols is 1. The molecule has 1 aliphatic heterocycles. The van der Waals surface area contributed by atoms with E-state index in [0.717, 1.165) is 9.48 Å². The number of urea groups is 1. The standard InChI is InChI=1S/C18H16BrN3O4/c1-18(12-3-6-14(26-2)7-4-12)16(24)22(17(25)21-18)20-10-11-9-13(19)5-8-15(11)23/h3-10,23H,1-2H3,(H,21,25). The van der Waals surface area contributed by atoms with Crippen LogP contribution in [0.4, 0.5) is 4.79 Å². The fourth-order valence-electron chi connectivity index (χ4n) is 2.60. The number of hydrazone groups is 1. The number of hydrogen-bond donors (Lipinski definition) is 2. The van der Waals surface area contributed by atoms with Crippen LogP contribution in [0.15, 0.2) is 52.0 Å². The van der Waals surface area contributed by atoms with E-state index in [1.54, 1.807) is 50.4 Å². The highest BCUT2D eigenvalue weighted by molar-refractivity contribution is 9.10. The number of ether oxygens (including phenoxy) is 1. The van der Waals surface area contributed by atoms with Crippen molar-refractivity contribution in [2.24, 2.45) is 5.10 Å². The molecule has 26 heavy (non-hydrogen) atoms. The molecule has 2 aromatic carbocycles. The van der Waals surface area contributed by atoms with Gasteiger partial charge in [-0.15, -0.1) is 5.01 Å². The first-order valence-electron chi connectivity index (χ1n) is 7.69. The van der Waals surface area contributed by atoms with Crippen LogP contribution in [-0.4, -0.2) is 35.4 Å². The molecular formula is C18H16BrN3O4. The minimum atomic E-state index is -1.24. The average molecular weight is 418 g/mol. The van der Waals surface area contributed by atoms with Gasteiger partial charge in [-0.2, -0.15) is 5.10 Å². The Morgan fingerprint density at radius 1 is 1.23 bits per heavy atom. The summed E-state index contributed by atoms with van der Waals surface area (Å²) < 4.78 is 5.84. The molecule has 0 bridgehead atoms. The van der Waals surface area contributed by atoms with E-state index in [9.17, 15) is 14.7 Å². The van der Waals surface area contributed by atoms with Crippen molar-refractivity contribution in [2.45, 2.75) is 12.5 Å². The van der Waals surface area contributed by atoms with Gasteiger partial charge in [0.15, 0.2) is 0 Å². The maximum Gasteiger partial charge on any atom is 0.346 e. The molecule has 2 N–H and O–H groups in total. The van der Waals surface area contributed by atoms with Gasteiger partial charge in [0.1, 0.15) is 17.0 Å². The molecule has 3 amide bonds. The van der Waals surface area contributed by atoms with Gasteiger partial charge in [0.2, 0.25) is 0 Å². The molecule has 8 heteroatoms. The molecule has 7 nitrogen and oxygen atoms in total. The molecule has 3 rings (SSSR count). The lowest BCUT2D eigenvalue weighted by molar-refractivity contribution is -0.131. The zero-order valence-corrected chi connectivity index (χ0v) is 15.6. The SMILES string of the molecule is COc1ccc(C2(C)NC(=O)N(N=Cc3cc(Br)ccc3O)C2=O)cc1. The summed E-state index contributed by atoms with van der Waals surface area (Å²) in [6, 6.07) is 11.0. The third kappa shape index (κ3) is 3.15. The second-order valence-corrected chi connectivity index (χ2v) is 6.76. The Labute approximate surface area is 158 Å². The van der Waals surface area contributed by atoms with Crippen molar-refractivity contribution >= 4 is 34.1 Å². The highest BCUT2D eigenvalue weighted by Gasteiger charge is 2.49. The third-order valence-corrected chi connectivity index (χ3v) is 4.63. The lowest BCUT2D eigenvalue weighted by Crippen LogP contribution is -2.40. The van der Waals surface area contributed by atoms with Crippen LogP contribution >= 0.6 is 15.9 Å². The van der Waals surface area contributed by atoms with Crippen LogP contribution in [-0.2, 0) is 10.3 Å². The quantitative estimate of drug-likeness (QED) is 0.590. The second kappa shape index (κ2) is 6.80. The van der Waals surface area contributed by atoms with Gasteiger partial charge in [0, 0.05) is 10.0 Å². The normalized spacial score (nSPS) is 19.9. The third-order valence-electron chi connectivity index (χ3n) is 4.14. The Kier molecular flexibility index (Phi) is 4.69. The fourth-order valence-corrected chi connectivity index (χ4v) is 2.98. The minimum Gasteiger partial charge on any atom is -0.507 e. The molecule has 1 atom stereocenters. The van der Waals surface area contributed by atoms with Crippen molar-refractivity contribution in [3.05, 3.63) is 58.1 Å². The van der Waals surface area contributed by atoms with Crippen molar-refractivity contribution in [2.75, 3.05) is 7.11 Å². The number of benzene rings is 2. The van der Waals surface area contributed by atoms with Crippen LogP contribution in [0.1, 0.15) is 18.1 Å². The number of phenolic OH excluding ortho intramolecular Hbond substituents is 1. The highest BCUT2D eigenvalue weighted by atomic mass is 79.9. The number of carbonyl (C=O) groups excluding carboxylic acids is 2. The van der Waals surface area contributed by atoms with E-state index in [1.165, 1.54) is 12.3 Å². The molecule has 0 aliphatic carbocycles. The number of nitrogens with one attached hydrogen (secondary N) is 1. The van der Waals surface area contributed by atoms with Crippen molar-refractivity contribution in [1.29, 1.82) is 0 Å². The lowest BCUT2D eigenvalue weighted by Gasteiger charge is -2.21. The molecular weight excluding hydrogens is 402 g/mol. The molecule has 0 aromatic heterocycles. The van der Waals surface area contributed by atoms with E-state index in [1.807, 2.05) is 0 Å². The van der Waals surface area contributed by atoms with Gasteiger partial charge in [-0.25, -0.2) is 4.79 Å². The van der Waals surface area contributed by atoms with Gasteiger partial charge in [0.25, 0.3) is 5.91 Å². The molecule has 2 aromatic rings. The number of rotatable bonds is 4. The molecule has 134 valence electrons. The summed E-state index contributed by atoms with van der Waals surface area (Å²) in [5.74, 6) is 0.120. The van der Waals surface area contributed by atoms with Gasteiger partial charge in [-0.05, 0) is 42.8 Å². The van der Waals surface area contributed by atoms with Crippen LogP contribution in [0.2, 0.25) is 0 Å². The summed E-state index contributed by atoms with van der Waals surface area (Å²) in [7, 11) is 1.55. The zero-order chi connectivity index (χ0) is 18.9. The van der Waals surface area contributed by atoms with Gasteiger partial charge in [-0.3, -0.25) is 4.79 Å². The number of imide groups is 1. The van der Waals surface area contributed by atoms with Crippen LogP contribution < -0.4 is 10.1 Å². The molecule has 1 heterocycles. The first kappa shape index (κ1) is 17.9. The van der Waals surface area contributed by atoms with Crippen LogP contribution in [0.25, 0.3) is 0 Å². The van der Waals surface area contributed by atoms with E-state index in [2.05, 4.69) is 26.3 Å². The Morgan fingerprint density at radius 2 is 1.92 bits per heavy atom. The van der Waals surface area contributed by atoms with E-state index < -0.39 is 17.5 Å². The summed E-state index contributed by atoms with van der Waals surface area (Å²) in [6.45, 7) is 1.61. The monoisotopic (exact) mass is 417 g/mol. The summed E-state index contributed by atoms with van der Waals surface area (Å²) in [4.78, 5) is 25.0. The first-order chi connectivity index (χ1) is 12.3. The number of aromatic hydroxyl groups is 1. The summed E-state index contributed by atoms with van der Waals surface area (Å²) >= 11 is 3.29. The summed E-state index contributed by atoms with van der Waals surface area (Å²) in [6.07, 6.45) is 1.26. The van der Waals surface area contributed by atoms with Crippen LogP contribution in [0.3, 0.4) is 0 Å². The second-order valence-electron chi connectivity index (χ2n) is 5.85.